The lowest BCUT2D eigenvalue weighted by Gasteiger charge is -2.10. The molecule has 3 nitrogen and oxygen atoms in total. The standard InChI is InChI=1S/C33H21N3/c1-4-10-27-22(7-1)15-20-31-33(27)25(14-18-26-17-13-23-8-2-5-11-28(23)34-26)21-32(36-31)30-19-16-24-9-3-6-12-29(24)35-30/h1-21H/b18-14+. The number of fused-ring (bicyclic) bond motifs is 5. The van der Waals surface area contributed by atoms with Crippen LogP contribution < -0.4 is 0 Å². The van der Waals surface area contributed by atoms with Gasteiger partial charge in [0, 0.05) is 16.2 Å². The summed E-state index contributed by atoms with van der Waals surface area (Å²) in [5.41, 5.74) is 6.64. The first kappa shape index (κ1) is 20.5. The van der Waals surface area contributed by atoms with E-state index in [0.717, 1.165) is 55.4 Å². The fraction of sp³-hybridized carbons (Fsp3) is 0. The molecule has 0 saturated carbocycles. The normalized spacial score (nSPS) is 11.8. The zero-order valence-electron chi connectivity index (χ0n) is 19.5. The molecular formula is C33H21N3. The summed E-state index contributed by atoms with van der Waals surface area (Å²) in [6.07, 6.45) is 4.23. The van der Waals surface area contributed by atoms with E-state index in [2.05, 4.69) is 91.0 Å². The molecule has 4 aromatic carbocycles. The highest BCUT2D eigenvalue weighted by Gasteiger charge is 2.11. The number of rotatable bonds is 3. The summed E-state index contributed by atoms with van der Waals surface area (Å²) in [7, 11) is 0. The average molecular weight is 460 g/mol. The number of para-hydroxylation sites is 2. The monoisotopic (exact) mass is 459 g/mol. The zero-order chi connectivity index (χ0) is 23.9. The highest BCUT2D eigenvalue weighted by atomic mass is 14.8. The van der Waals surface area contributed by atoms with E-state index in [1.54, 1.807) is 0 Å². The van der Waals surface area contributed by atoms with Crippen LogP contribution in [-0.4, -0.2) is 15.0 Å². The van der Waals surface area contributed by atoms with Gasteiger partial charge in [-0.3, -0.25) is 0 Å². The summed E-state index contributed by atoms with van der Waals surface area (Å²) in [6, 6.07) is 39.6. The van der Waals surface area contributed by atoms with Crippen LogP contribution >= 0.6 is 0 Å². The van der Waals surface area contributed by atoms with Crippen molar-refractivity contribution < 1.29 is 0 Å². The molecule has 7 rings (SSSR count). The van der Waals surface area contributed by atoms with Gasteiger partial charge in [0.15, 0.2) is 0 Å². The largest absolute Gasteiger partial charge is 0.248 e. The summed E-state index contributed by atoms with van der Waals surface area (Å²) < 4.78 is 0. The van der Waals surface area contributed by atoms with Gasteiger partial charge >= 0.3 is 0 Å². The molecule has 0 radical (unpaired) electrons. The second-order valence-electron chi connectivity index (χ2n) is 8.93. The molecule has 0 saturated heterocycles. The summed E-state index contributed by atoms with van der Waals surface area (Å²) >= 11 is 0. The molecule has 7 aromatic rings. The molecular weight excluding hydrogens is 438 g/mol. The lowest BCUT2D eigenvalue weighted by atomic mass is 9.99. The molecule has 0 fully saturated rings. The van der Waals surface area contributed by atoms with Gasteiger partial charge in [0.05, 0.1) is 33.6 Å². The van der Waals surface area contributed by atoms with Gasteiger partial charge in [-0.15, -0.1) is 0 Å². The van der Waals surface area contributed by atoms with E-state index in [1.807, 2.05) is 36.4 Å². The Labute approximate surface area is 208 Å². The fourth-order valence-electron chi connectivity index (χ4n) is 4.86. The molecule has 0 spiro atoms. The van der Waals surface area contributed by atoms with Crippen molar-refractivity contribution in [3.8, 4) is 11.4 Å². The van der Waals surface area contributed by atoms with Crippen molar-refractivity contribution in [1.82, 2.24) is 15.0 Å². The van der Waals surface area contributed by atoms with Crippen LogP contribution in [-0.2, 0) is 0 Å². The minimum absolute atomic E-state index is 0.856. The molecule has 0 N–H and O–H groups in total. The van der Waals surface area contributed by atoms with Gasteiger partial charge in [-0.2, -0.15) is 0 Å². The van der Waals surface area contributed by atoms with Crippen LogP contribution in [0.1, 0.15) is 11.3 Å². The Morgan fingerprint density at radius 3 is 1.92 bits per heavy atom. The van der Waals surface area contributed by atoms with E-state index < -0.39 is 0 Å². The molecule has 36 heavy (non-hydrogen) atoms. The lowest BCUT2D eigenvalue weighted by molar-refractivity contribution is 1.32. The molecule has 3 aromatic heterocycles. The van der Waals surface area contributed by atoms with Gasteiger partial charge in [0.1, 0.15) is 0 Å². The van der Waals surface area contributed by atoms with Crippen molar-refractivity contribution in [3.05, 3.63) is 127 Å². The Balaban J connectivity index is 1.44. The van der Waals surface area contributed by atoms with Gasteiger partial charge < -0.3 is 0 Å². The molecule has 3 heteroatoms. The van der Waals surface area contributed by atoms with Crippen LogP contribution in [0.25, 0.3) is 67.0 Å². The Morgan fingerprint density at radius 1 is 0.444 bits per heavy atom. The maximum atomic E-state index is 5.05. The predicted molar refractivity (Wildman–Crippen MR) is 151 cm³/mol. The number of hydrogen-bond donors (Lipinski definition) is 0. The number of benzene rings is 4. The minimum Gasteiger partial charge on any atom is -0.248 e. The van der Waals surface area contributed by atoms with Crippen LogP contribution in [0.15, 0.2) is 115 Å². The quantitative estimate of drug-likeness (QED) is 0.249. The van der Waals surface area contributed by atoms with Crippen LogP contribution in [0.4, 0.5) is 0 Å². The van der Waals surface area contributed by atoms with Gasteiger partial charge in [0.25, 0.3) is 0 Å². The number of pyridine rings is 3. The van der Waals surface area contributed by atoms with Crippen LogP contribution in [0.5, 0.6) is 0 Å². The number of aromatic nitrogens is 3. The molecule has 0 aliphatic heterocycles. The SMILES string of the molecule is C(=C\c1cc(-c2ccc3ccccc3n2)nc2ccc3ccccc3c12)/c1ccc2ccccc2n1. The van der Waals surface area contributed by atoms with Crippen molar-refractivity contribution in [2.24, 2.45) is 0 Å². The van der Waals surface area contributed by atoms with E-state index in [4.69, 9.17) is 15.0 Å². The Bertz CT molecular complexity index is 1950. The average Bonchev–Trinajstić information content (AvgIpc) is 2.95. The Morgan fingerprint density at radius 2 is 1.08 bits per heavy atom. The molecule has 3 heterocycles. The van der Waals surface area contributed by atoms with Crippen LogP contribution in [0, 0.1) is 0 Å². The van der Waals surface area contributed by atoms with Crippen molar-refractivity contribution in [2.75, 3.05) is 0 Å². The van der Waals surface area contributed by atoms with Crippen molar-refractivity contribution in [1.29, 1.82) is 0 Å². The van der Waals surface area contributed by atoms with Gasteiger partial charge in [-0.05, 0) is 58.8 Å². The van der Waals surface area contributed by atoms with E-state index >= 15 is 0 Å². The predicted octanol–water partition coefficient (Wildman–Crippen LogP) is 8.32. The Kier molecular flexibility index (Phi) is 4.78. The fourth-order valence-corrected chi connectivity index (χ4v) is 4.86. The third-order valence-corrected chi connectivity index (χ3v) is 6.64. The highest BCUT2D eigenvalue weighted by molar-refractivity contribution is 6.11. The third kappa shape index (κ3) is 3.58. The first-order chi connectivity index (χ1) is 17.8. The van der Waals surface area contributed by atoms with E-state index in [9.17, 15) is 0 Å². The molecule has 168 valence electrons. The summed E-state index contributed by atoms with van der Waals surface area (Å²) in [5.74, 6) is 0. The summed E-state index contributed by atoms with van der Waals surface area (Å²) in [6.45, 7) is 0. The van der Waals surface area contributed by atoms with Gasteiger partial charge in [-0.25, -0.2) is 15.0 Å². The molecule has 0 aliphatic carbocycles. The maximum Gasteiger partial charge on any atom is 0.0900 e. The van der Waals surface area contributed by atoms with Crippen LogP contribution in [0.2, 0.25) is 0 Å². The summed E-state index contributed by atoms with van der Waals surface area (Å²) in [4.78, 5) is 14.8. The minimum atomic E-state index is 0.856. The van der Waals surface area contributed by atoms with E-state index in [-0.39, 0.29) is 0 Å². The number of hydrogen-bond acceptors (Lipinski definition) is 3. The van der Waals surface area contributed by atoms with Gasteiger partial charge in [-0.1, -0.05) is 84.9 Å². The lowest BCUT2D eigenvalue weighted by Crippen LogP contribution is -1.93. The van der Waals surface area contributed by atoms with Crippen molar-refractivity contribution >= 4 is 55.6 Å². The molecule has 0 bridgehead atoms. The van der Waals surface area contributed by atoms with Crippen molar-refractivity contribution in [3.63, 3.8) is 0 Å². The third-order valence-electron chi connectivity index (χ3n) is 6.64. The molecule has 0 unspecified atom stereocenters. The Hall–Kier alpha value is -4.89. The van der Waals surface area contributed by atoms with Crippen LogP contribution in [0.3, 0.4) is 0 Å². The second-order valence-corrected chi connectivity index (χ2v) is 8.93. The zero-order valence-corrected chi connectivity index (χ0v) is 19.5. The molecule has 0 atom stereocenters. The maximum absolute atomic E-state index is 5.05. The first-order valence-electron chi connectivity index (χ1n) is 12.0. The second kappa shape index (κ2) is 8.40. The smallest absolute Gasteiger partial charge is 0.0900 e. The summed E-state index contributed by atoms with van der Waals surface area (Å²) in [5, 5.41) is 5.78. The first-order valence-corrected chi connectivity index (χ1v) is 12.0. The number of nitrogens with zero attached hydrogens (tertiary/aromatic N) is 3. The van der Waals surface area contributed by atoms with Crippen molar-refractivity contribution in [2.45, 2.75) is 0 Å². The highest BCUT2D eigenvalue weighted by Crippen LogP contribution is 2.32. The van der Waals surface area contributed by atoms with Gasteiger partial charge in [0.2, 0.25) is 0 Å². The van der Waals surface area contributed by atoms with E-state index in [1.165, 1.54) is 10.8 Å². The van der Waals surface area contributed by atoms with E-state index in [0.29, 0.717) is 0 Å². The molecule has 0 amide bonds. The molecule has 0 aliphatic rings. The topological polar surface area (TPSA) is 38.7 Å².